The van der Waals surface area contributed by atoms with Gasteiger partial charge in [-0.25, -0.2) is 4.57 Å². The van der Waals surface area contributed by atoms with Crippen molar-refractivity contribution in [3.05, 3.63) is 29.3 Å². The molecule has 106 valence electrons. The summed E-state index contributed by atoms with van der Waals surface area (Å²) in [5.74, 6) is 1.43. The van der Waals surface area contributed by atoms with Crippen molar-refractivity contribution in [3.8, 4) is 5.75 Å². The van der Waals surface area contributed by atoms with Crippen LogP contribution in [0.3, 0.4) is 0 Å². The van der Waals surface area contributed by atoms with Gasteiger partial charge in [0, 0.05) is 0 Å². The minimum atomic E-state index is -4.53. The predicted molar refractivity (Wildman–Crippen MR) is 74.3 cm³/mol. The van der Waals surface area contributed by atoms with Gasteiger partial charge in [0.2, 0.25) is 0 Å². The molecule has 0 saturated heterocycles. The van der Waals surface area contributed by atoms with Gasteiger partial charge >= 0.3 is 7.82 Å². The third kappa shape index (κ3) is 3.59. The van der Waals surface area contributed by atoms with E-state index in [1.165, 1.54) is 12.8 Å². The summed E-state index contributed by atoms with van der Waals surface area (Å²) in [7, 11) is -4.53. The minimum absolute atomic E-state index is 0.160. The lowest BCUT2D eigenvalue weighted by atomic mass is 9.90. The lowest BCUT2D eigenvalue weighted by Gasteiger charge is -2.21. The van der Waals surface area contributed by atoms with Crippen LogP contribution in [0.4, 0.5) is 0 Å². The molecule has 1 unspecified atom stereocenters. The van der Waals surface area contributed by atoms with Gasteiger partial charge in [0.1, 0.15) is 5.75 Å². The van der Waals surface area contributed by atoms with Crippen LogP contribution in [0.5, 0.6) is 5.75 Å². The van der Waals surface area contributed by atoms with Gasteiger partial charge in [0.05, 0.1) is 0 Å². The molecule has 0 amide bonds. The molecular formula is C14H21O4P. The molecule has 4 nitrogen and oxygen atoms in total. The van der Waals surface area contributed by atoms with Gasteiger partial charge in [0.25, 0.3) is 0 Å². The van der Waals surface area contributed by atoms with E-state index in [-0.39, 0.29) is 11.8 Å². The monoisotopic (exact) mass is 284 g/mol. The Morgan fingerprint density at radius 1 is 1.21 bits per heavy atom. The van der Waals surface area contributed by atoms with Crippen LogP contribution in [-0.2, 0) is 4.57 Å². The average Bonchev–Trinajstić information content (AvgIpc) is 3.09. The molecule has 1 aromatic carbocycles. The number of rotatable bonds is 5. The van der Waals surface area contributed by atoms with Gasteiger partial charge < -0.3 is 4.52 Å². The Kier molecular flexibility index (Phi) is 4.05. The van der Waals surface area contributed by atoms with E-state index in [2.05, 4.69) is 6.92 Å². The lowest BCUT2D eigenvalue weighted by molar-refractivity contribution is 0.280. The second kappa shape index (κ2) is 5.28. The molecule has 1 saturated carbocycles. The molecule has 1 atom stereocenters. The number of phosphoric acid groups is 1. The Morgan fingerprint density at radius 3 is 2.26 bits per heavy atom. The highest BCUT2D eigenvalue weighted by molar-refractivity contribution is 7.46. The number of hydrogen-bond donors (Lipinski definition) is 2. The molecule has 0 bridgehead atoms. The van der Waals surface area contributed by atoms with Crippen LogP contribution in [0.2, 0.25) is 0 Å². The summed E-state index contributed by atoms with van der Waals surface area (Å²) in [6.45, 7) is 6.09. The van der Waals surface area contributed by atoms with E-state index in [1.807, 2.05) is 32.0 Å². The molecule has 1 fully saturated rings. The zero-order valence-corrected chi connectivity index (χ0v) is 12.4. The van der Waals surface area contributed by atoms with E-state index < -0.39 is 7.82 Å². The summed E-state index contributed by atoms with van der Waals surface area (Å²) in [5.41, 5.74) is 1.77. The first-order valence-corrected chi connectivity index (χ1v) is 8.20. The Morgan fingerprint density at radius 2 is 1.79 bits per heavy atom. The Bertz CT molecular complexity index is 502. The normalized spacial score (nSPS) is 17.6. The van der Waals surface area contributed by atoms with Crippen LogP contribution >= 0.6 is 7.82 Å². The van der Waals surface area contributed by atoms with Crippen LogP contribution in [0.15, 0.2) is 18.2 Å². The van der Waals surface area contributed by atoms with Crippen LogP contribution < -0.4 is 4.52 Å². The molecule has 2 N–H and O–H groups in total. The highest BCUT2D eigenvalue weighted by atomic mass is 31.2. The summed E-state index contributed by atoms with van der Waals surface area (Å²) in [6.07, 6.45) is 2.37. The number of para-hydroxylation sites is 1. The molecule has 1 aliphatic carbocycles. The first kappa shape index (κ1) is 14.6. The van der Waals surface area contributed by atoms with Gasteiger partial charge in [-0.2, -0.15) is 0 Å². The zero-order chi connectivity index (χ0) is 14.2. The van der Waals surface area contributed by atoms with Crippen molar-refractivity contribution < 1.29 is 18.9 Å². The highest BCUT2D eigenvalue weighted by Gasteiger charge is 2.33. The summed E-state index contributed by atoms with van der Waals surface area (Å²) < 4.78 is 16.2. The lowest BCUT2D eigenvalue weighted by Crippen LogP contribution is -2.04. The van der Waals surface area contributed by atoms with E-state index in [4.69, 9.17) is 14.3 Å². The fraction of sp³-hybridized carbons (Fsp3) is 0.571. The highest BCUT2D eigenvalue weighted by Crippen LogP contribution is 2.49. The van der Waals surface area contributed by atoms with Crippen LogP contribution in [-0.4, -0.2) is 9.79 Å². The molecule has 2 rings (SSSR count). The number of hydrogen-bond acceptors (Lipinski definition) is 2. The van der Waals surface area contributed by atoms with Gasteiger partial charge in [-0.3, -0.25) is 9.79 Å². The van der Waals surface area contributed by atoms with Crippen molar-refractivity contribution in [2.45, 2.75) is 45.4 Å². The fourth-order valence-corrected chi connectivity index (χ4v) is 2.91. The van der Waals surface area contributed by atoms with Crippen LogP contribution in [0.25, 0.3) is 0 Å². The number of benzene rings is 1. The Hall–Kier alpha value is -0.830. The third-order valence-electron chi connectivity index (χ3n) is 3.73. The van der Waals surface area contributed by atoms with Crippen molar-refractivity contribution in [2.24, 2.45) is 5.92 Å². The van der Waals surface area contributed by atoms with Gasteiger partial charge in [-0.15, -0.1) is 0 Å². The van der Waals surface area contributed by atoms with Gasteiger partial charge in [-0.05, 0) is 41.7 Å². The maximum Gasteiger partial charge on any atom is 0.524 e. The summed E-state index contributed by atoms with van der Waals surface area (Å²) in [5, 5.41) is 0. The van der Waals surface area contributed by atoms with Crippen molar-refractivity contribution in [3.63, 3.8) is 0 Å². The Balaban J connectivity index is 2.46. The Labute approximate surface area is 114 Å². The molecular weight excluding hydrogens is 263 g/mol. The summed E-state index contributed by atoms with van der Waals surface area (Å²) >= 11 is 0. The summed E-state index contributed by atoms with van der Waals surface area (Å²) in [6, 6.07) is 5.73. The van der Waals surface area contributed by atoms with E-state index in [0.717, 1.165) is 11.1 Å². The standard InChI is InChI=1S/C14H21O4P/c1-9(2)12-5-4-6-13(10(3)11-7-8-11)14(12)18-19(15,16)17/h4-6,9-11H,7-8H2,1-3H3,(H2,15,16,17). The SMILES string of the molecule is CC(C)c1cccc(C(C)C2CC2)c1OP(=O)(O)O. The molecule has 0 aliphatic heterocycles. The topological polar surface area (TPSA) is 66.8 Å². The maximum atomic E-state index is 11.2. The fourth-order valence-electron chi connectivity index (χ4n) is 2.46. The second-order valence-corrected chi connectivity index (χ2v) is 6.79. The van der Waals surface area contributed by atoms with Gasteiger partial charge in [-0.1, -0.05) is 39.0 Å². The molecule has 5 heteroatoms. The van der Waals surface area contributed by atoms with Crippen molar-refractivity contribution in [1.29, 1.82) is 0 Å². The first-order chi connectivity index (χ1) is 8.79. The molecule has 1 aliphatic rings. The van der Waals surface area contributed by atoms with Crippen molar-refractivity contribution >= 4 is 7.82 Å². The van der Waals surface area contributed by atoms with E-state index in [9.17, 15) is 4.57 Å². The van der Waals surface area contributed by atoms with Crippen LogP contribution in [0, 0.1) is 5.92 Å². The molecule has 0 heterocycles. The van der Waals surface area contributed by atoms with Crippen molar-refractivity contribution in [2.75, 3.05) is 0 Å². The quantitative estimate of drug-likeness (QED) is 0.807. The predicted octanol–water partition coefficient (Wildman–Crippen LogP) is 3.80. The smallest absolute Gasteiger partial charge is 0.404 e. The van der Waals surface area contributed by atoms with Crippen LogP contribution in [0.1, 0.15) is 56.6 Å². The molecule has 0 spiro atoms. The van der Waals surface area contributed by atoms with E-state index >= 15 is 0 Å². The number of phosphoric ester groups is 1. The molecule has 1 aromatic rings. The summed E-state index contributed by atoms with van der Waals surface area (Å²) in [4.78, 5) is 18.3. The minimum Gasteiger partial charge on any atom is -0.404 e. The maximum absolute atomic E-state index is 11.2. The second-order valence-electron chi connectivity index (χ2n) is 5.63. The largest absolute Gasteiger partial charge is 0.524 e. The molecule has 19 heavy (non-hydrogen) atoms. The van der Waals surface area contributed by atoms with Crippen molar-refractivity contribution in [1.82, 2.24) is 0 Å². The zero-order valence-electron chi connectivity index (χ0n) is 11.5. The molecule has 0 aromatic heterocycles. The third-order valence-corrected chi connectivity index (χ3v) is 4.15. The average molecular weight is 284 g/mol. The van der Waals surface area contributed by atoms with Gasteiger partial charge in [0.15, 0.2) is 0 Å². The van der Waals surface area contributed by atoms with E-state index in [1.54, 1.807) is 0 Å². The van der Waals surface area contributed by atoms with E-state index in [0.29, 0.717) is 11.7 Å². The molecule has 0 radical (unpaired) electrons. The first-order valence-electron chi connectivity index (χ1n) is 6.67.